The van der Waals surface area contributed by atoms with E-state index in [1.165, 1.54) is 29.1 Å². The van der Waals surface area contributed by atoms with Crippen LogP contribution in [0.15, 0.2) is 30.3 Å². The normalized spacial score (nSPS) is 20.3. The molecule has 4 rings (SSSR count). The van der Waals surface area contributed by atoms with Gasteiger partial charge in [0.2, 0.25) is 4.77 Å². The first-order valence-electron chi connectivity index (χ1n) is 9.67. The van der Waals surface area contributed by atoms with Crippen molar-refractivity contribution in [2.75, 3.05) is 26.2 Å². The van der Waals surface area contributed by atoms with Gasteiger partial charge in [0, 0.05) is 17.0 Å². The van der Waals surface area contributed by atoms with Crippen molar-refractivity contribution < 1.29 is 9.80 Å². The van der Waals surface area contributed by atoms with Crippen LogP contribution < -0.4 is 9.80 Å². The van der Waals surface area contributed by atoms with Gasteiger partial charge in [0.05, 0.1) is 0 Å². The Balaban J connectivity index is 1.42. The van der Waals surface area contributed by atoms with Crippen LogP contribution in [0.1, 0.15) is 22.5 Å². The van der Waals surface area contributed by atoms with Gasteiger partial charge in [-0.3, -0.25) is 4.40 Å². The molecule has 1 aromatic carbocycles. The molecule has 1 saturated heterocycles. The van der Waals surface area contributed by atoms with E-state index in [0.717, 1.165) is 42.5 Å². The van der Waals surface area contributed by atoms with Gasteiger partial charge in [0.1, 0.15) is 32.7 Å². The van der Waals surface area contributed by atoms with E-state index >= 15 is 0 Å². The second-order valence-corrected chi connectivity index (χ2v) is 8.08. The lowest BCUT2D eigenvalue weighted by Gasteiger charge is -2.29. The third kappa shape index (κ3) is 3.81. The van der Waals surface area contributed by atoms with Crippen LogP contribution in [-0.2, 0) is 13.2 Å². The van der Waals surface area contributed by atoms with Crippen molar-refractivity contribution >= 4 is 18.0 Å². The third-order valence-corrected chi connectivity index (χ3v) is 6.00. The molecule has 27 heavy (non-hydrogen) atoms. The summed E-state index contributed by atoms with van der Waals surface area (Å²) in [5.41, 5.74) is 4.94. The number of fused-ring (bicyclic) bond motifs is 1. The minimum Gasteiger partial charge on any atom is -0.322 e. The van der Waals surface area contributed by atoms with E-state index in [0.29, 0.717) is 5.78 Å². The van der Waals surface area contributed by atoms with Crippen molar-refractivity contribution in [3.8, 4) is 0 Å². The van der Waals surface area contributed by atoms with Crippen LogP contribution in [0.2, 0.25) is 0 Å². The van der Waals surface area contributed by atoms with E-state index in [-0.39, 0.29) is 0 Å². The number of aromatic nitrogens is 4. The van der Waals surface area contributed by atoms with E-state index in [1.54, 1.807) is 4.90 Å². The highest BCUT2D eigenvalue weighted by molar-refractivity contribution is 7.71. The molecule has 0 spiro atoms. The van der Waals surface area contributed by atoms with Crippen molar-refractivity contribution in [2.24, 2.45) is 0 Å². The minimum absolute atomic E-state index is 0.709. The van der Waals surface area contributed by atoms with Crippen LogP contribution in [0, 0.1) is 25.5 Å². The topological polar surface area (TPSA) is 44.0 Å². The number of hydrogen-bond donors (Lipinski definition) is 2. The Kier molecular flexibility index (Phi) is 5.08. The van der Waals surface area contributed by atoms with Crippen LogP contribution in [0.5, 0.6) is 0 Å². The molecule has 1 fully saturated rings. The average molecular weight is 385 g/mol. The zero-order valence-corrected chi connectivity index (χ0v) is 17.1. The summed E-state index contributed by atoms with van der Waals surface area (Å²) in [7, 11) is 0. The molecule has 0 atom stereocenters. The quantitative estimate of drug-likeness (QED) is 0.629. The second-order valence-electron chi connectivity index (χ2n) is 7.72. The molecule has 0 radical (unpaired) electrons. The first-order valence-corrected chi connectivity index (χ1v) is 10.1. The third-order valence-electron chi connectivity index (χ3n) is 5.61. The summed E-state index contributed by atoms with van der Waals surface area (Å²) < 4.78 is 4.67. The van der Waals surface area contributed by atoms with E-state index in [2.05, 4.69) is 54.3 Å². The van der Waals surface area contributed by atoms with Gasteiger partial charge in [0.25, 0.3) is 5.78 Å². The predicted molar refractivity (Wildman–Crippen MR) is 108 cm³/mol. The fourth-order valence-electron chi connectivity index (χ4n) is 4.02. The standard InChI is InChI=1S/C20H26N6S/c1-15-6-4-5-7-18(15)13-23-8-10-24(11-9-23)14-25-20(27)26-17(3)12-16(2)21-19(26)22-25/h4-7,12H,8-11,13-14H2,1-3H3/p+2. The molecule has 7 heteroatoms. The number of piperazine rings is 1. The lowest BCUT2D eigenvalue weighted by molar-refractivity contribution is -1.03. The zero-order chi connectivity index (χ0) is 19.0. The Morgan fingerprint density at radius 1 is 1.04 bits per heavy atom. The maximum Gasteiger partial charge on any atom is 0.254 e. The molecular formula is C20H28N6S+2. The van der Waals surface area contributed by atoms with Gasteiger partial charge in [-0.2, -0.15) is 4.68 Å². The molecule has 1 aliphatic heterocycles. The first-order chi connectivity index (χ1) is 13.0. The summed E-state index contributed by atoms with van der Waals surface area (Å²) in [5, 5.41) is 4.66. The van der Waals surface area contributed by atoms with Gasteiger partial charge in [-0.1, -0.05) is 24.3 Å². The molecular weight excluding hydrogens is 356 g/mol. The van der Waals surface area contributed by atoms with Crippen LogP contribution in [-0.4, -0.2) is 45.3 Å². The highest BCUT2D eigenvalue weighted by Crippen LogP contribution is 2.07. The maximum atomic E-state index is 5.66. The van der Waals surface area contributed by atoms with Crippen molar-refractivity contribution in [3.63, 3.8) is 0 Å². The number of nitrogens with one attached hydrogen (secondary N) is 2. The van der Waals surface area contributed by atoms with Crippen molar-refractivity contribution in [3.05, 3.63) is 57.6 Å². The zero-order valence-electron chi connectivity index (χ0n) is 16.3. The van der Waals surface area contributed by atoms with Gasteiger partial charge in [-0.15, -0.1) is 5.10 Å². The van der Waals surface area contributed by atoms with Gasteiger partial charge in [0.15, 0.2) is 6.67 Å². The Morgan fingerprint density at radius 2 is 1.74 bits per heavy atom. The lowest BCUT2D eigenvalue weighted by Crippen LogP contribution is -3.27. The van der Waals surface area contributed by atoms with Crippen molar-refractivity contribution in [2.45, 2.75) is 34.0 Å². The number of hydrogen-bond acceptors (Lipinski definition) is 3. The summed E-state index contributed by atoms with van der Waals surface area (Å²) in [6.07, 6.45) is 0. The Hall–Kier alpha value is -2.09. The number of quaternary nitrogens is 2. The number of aryl methyl sites for hydroxylation is 3. The van der Waals surface area contributed by atoms with E-state index in [9.17, 15) is 0 Å². The Morgan fingerprint density at radius 3 is 2.48 bits per heavy atom. The van der Waals surface area contributed by atoms with Crippen molar-refractivity contribution in [1.29, 1.82) is 0 Å². The van der Waals surface area contributed by atoms with Crippen LogP contribution >= 0.6 is 12.2 Å². The molecule has 0 unspecified atom stereocenters. The summed E-state index contributed by atoms with van der Waals surface area (Å²) in [4.78, 5) is 7.73. The predicted octanol–water partition coefficient (Wildman–Crippen LogP) is 0.127. The van der Waals surface area contributed by atoms with E-state index in [1.807, 2.05) is 16.0 Å². The maximum absolute atomic E-state index is 5.66. The van der Waals surface area contributed by atoms with Gasteiger partial charge in [-0.05, 0) is 44.6 Å². The number of nitrogens with zero attached hydrogens (tertiary/aromatic N) is 4. The molecule has 2 aromatic heterocycles. The van der Waals surface area contributed by atoms with E-state index in [4.69, 9.17) is 12.2 Å². The lowest BCUT2D eigenvalue weighted by atomic mass is 10.1. The molecule has 0 bridgehead atoms. The summed E-state index contributed by atoms with van der Waals surface area (Å²) in [5.74, 6) is 0.709. The summed E-state index contributed by atoms with van der Waals surface area (Å²) in [6, 6.07) is 10.8. The number of rotatable bonds is 4. The molecule has 3 heterocycles. The van der Waals surface area contributed by atoms with Crippen LogP contribution in [0.4, 0.5) is 0 Å². The SMILES string of the molecule is Cc1cc(C)n2c(=S)n(C[NH+]3CC[NH+](Cc4ccccc4C)CC3)nc2n1. The highest BCUT2D eigenvalue weighted by Gasteiger charge is 2.24. The molecule has 3 aromatic rings. The van der Waals surface area contributed by atoms with Crippen LogP contribution in [0.25, 0.3) is 5.78 Å². The number of benzene rings is 1. The Bertz CT molecular complexity index is 1010. The highest BCUT2D eigenvalue weighted by atomic mass is 32.1. The smallest absolute Gasteiger partial charge is 0.254 e. The van der Waals surface area contributed by atoms with Crippen molar-refractivity contribution in [1.82, 2.24) is 19.2 Å². The fraction of sp³-hybridized carbons (Fsp3) is 0.450. The summed E-state index contributed by atoms with van der Waals surface area (Å²) in [6.45, 7) is 12.8. The van der Waals surface area contributed by atoms with E-state index < -0.39 is 0 Å². The minimum atomic E-state index is 0.709. The monoisotopic (exact) mass is 384 g/mol. The van der Waals surface area contributed by atoms with Gasteiger partial charge >= 0.3 is 0 Å². The molecule has 0 amide bonds. The van der Waals surface area contributed by atoms with Gasteiger partial charge < -0.3 is 9.80 Å². The average Bonchev–Trinajstić information content (AvgIpc) is 2.94. The molecule has 142 valence electrons. The fourth-order valence-corrected chi connectivity index (χ4v) is 4.35. The summed E-state index contributed by atoms with van der Waals surface area (Å²) >= 11 is 5.66. The second kappa shape index (κ2) is 7.50. The molecule has 0 saturated carbocycles. The first kappa shape index (κ1) is 18.3. The largest absolute Gasteiger partial charge is 0.322 e. The molecule has 0 aliphatic carbocycles. The van der Waals surface area contributed by atoms with Crippen LogP contribution in [0.3, 0.4) is 0 Å². The van der Waals surface area contributed by atoms with Gasteiger partial charge in [-0.25, -0.2) is 4.98 Å². The molecule has 2 N–H and O–H groups in total. The Labute approximate surface area is 165 Å². The molecule has 6 nitrogen and oxygen atoms in total. The molecule has 1 aliphatic rings.